The average Bonchev–Trinajstić information content (AvgIpc) is 2.37. The Kier molecular flexibility index (Phi) is 7.92. The molecule has 1 saturated heterocycles. The van der Waals surface area contributed by atoms with Crippen molar-refractivity contribution in [3.63, 3.8) is 0 Å². The van der Waals surface area contributed by atoms with Gasteiger partial charge in [0.1, 0.15) is 0 Å². The highest BCUT2D eigenvalue weighted by atomic mass is 15.2. The maximum absolute atomic E-state index is 5.95. The van der Waals surface area contributed by atoms with Crippen LogP contribution >= 0.6 is 0 Å². The molecule has 3 unspecified atom stereocenters. The van der Waals surface area contributed by atoms with E-state index in [0.717, 1.165) is 18.6 Å². The monoisotopic (exact) mass is 254 g/mol. The number of nitrogens with zero attached hydrogens (tertiary/aromatic N) is 1. The first kappa shape index (κ1) is 16.0. The van der Waals surface area contributed by atoms with Crippen molar-refractivity contribution >= 4 is 0 Å². The van der Waals surface area contributed by atoms with E-state index in [2.05, 4.69) is 25.7 Å². The number of nitrogens with two attached hydrogens (primary N) is 1. The van der Waals surface area contributed by atoms with E-state index in [1.165, 1.54) is 57.8 Å². The van der Waals surface area contributed by atoms with E-state index in [4.69, 9.17) is 5.73 Å². The molecule has 0 aromatic carbocycles. The topological polar surface area (TPSA) is 29.3 Å². The minimum absolute atomic E-state index is 0.638. The maximum Gasteiger partial charge on any atom is 0.0224 e. The third kappa shape index (κ3) is 4.89. The Morgan fingerprint density at radius 3 is 2.56 bits per heavy atom. The molecule has 1 rings (SSSR count). The molecule has 18 heavy (non-hydrogen) atoms. The maximum atomic E-state index is 5.95. The van der Waals surface area contributed by atoms with E-state index in [-0.39, 0.29) is 0 Å². The molecule has 3 atom stereocenters. The Bertz CT molecular complexity index is 205. The second-order valence-electron chi connectivity index (χ2n) is 6.17. The summed E-state index contributed by atoms with van der Waals surface area (Å²) in [6, 6.07) is 2.09. The summed E-state index contributed by atoms with van der Waals surface area (Å²) >= 11 is 0. The predicted octanol–water partition coefficient (Wildman–Crippen LogP) is 3.94. The zero-order valence-electron chi connectivity index (χ0n) is 12.8. The highest BCUT2D eigenvalue weighted by molar-refractivity contribution is 4.86. The van der Waals surface area contributed by atoms with Crippen LogP contribution in [-0.4, -0.2) is 29.6 Å². The van der Waals surface area contributed by atoms with E-state index in [1.54, 1.807) is 0 Å². The van der Waals surface area contributed by atoms with Crippen LogP contribution in [0.2, 0.25) is 0 Å². The minimum atomic E-state index is 0.638. The van der Waals surface area contributed by atoms with Gasteiger partial charge in [0.2, 0.25) is 0 Å². The summed E-state index contributed by atoms with van der Waals surface area (Å²) in [7, 11) is 0. The molecule has 0 spiro atoms. The molecule has 1 fully saturated rings. The van der Waals surface area contributed by atoms with E-state index in [0.29, 0.717) is 6.04 Å². The second-order valence-corrected chi connectivity index (χ2v) is 6.17. The van der Waals surface area contributed by atoms with E-state index in [9.17, 15) is 0 Å². The SMILES string of the molecule is CCCCCCCC(C)N1C(C)CCCC1CN. The second kappa shape index (κ2) is 8.92. The molecule has 0 amide bonds. The lowest BCUT2D eigenvalue weighted by Gasteiger charge is -2.44. The van der Waals surface area contributed by atoms with Gasteiger partial charge in [0.15, 0.2) is 0 Å². The van der Waals surface area contributed by atoms with Crippen molar-refractivity contribution in [1.29, 1.82) is 0 Å². The fraction of sp³-hybridized carbons (Fsp3) is 1.00. The number of hydrogen-bond donors (Lipinski definition) is 1. The van der Waals surface area contributed by atoms with Crippen LogP contribution in [0.1, 0.15) is 78.6 Å². The van der Waals surface area contributed by atoms with Gasteiger partial charge in [-0.25, -0.2) is 0 Å². The van der Waals surface area contributed by atoms with Gasteiger partial charge in [-0.2, -0.15) is 0 Å². The van der Waals surface area contributed by atoms with Crippen LogP contribution in [0.25, 0.3) is 0 Å². The smallest absolute Gasteiger partial charge is 0.0224 e. The molecular formula is C16H34N2. The molecule has 2 nitrogen and oxygen atoms in total. The fourth-order valence-corrected chi connectivity index (χ4v) is 3.53. The Balaban J connectivity index is 2.30. The summed E-state index contributed by atoms with van der Waals surface area (Å²) in [5, 5.41) is 0. The van der Waals surface area contributed by atoms with Crippen molar-refractivity contribution in [1.82, 2.24) is 4.90 Å². The molecule has 1 heterocycles. The van der Waals surface area contributed by atoms with Gasteiger partial charge in [0.25, 0.3) is 0 Å². The van der Waals surface area contributed by atoms with Gasteiger partial charge in [-0.1, -0.05) is 45.4 Å². The van der Waals surface area contributed by atoms with Gasteiger partial charge in [-0.05, 0) is 33.1 Å². The van der Waals surface area contributed by atoms with Crippen LogP contribution in [0, 0.1) is 0 Å². The standard InChI is InChI=1S/C16H34N2/c1-4-5-6-7-8-10-14(2)18-15(3)11-9-12-16(18)13-17/h14-16H,4-13,17H2,1-3H3. The largest absolute Gasteiger partial charge is 0.329 e. The summed E-state index contributed by atoms with van der Waals surface area (Å²) in [5.74, 6) is 0. The Labute approximate surface area is 114 Å². The third-order valence-electron chi connectivity index (χ3n) is 4.60. The van der Waals surface area contributed by atoms with Crippen molar-refractivity contribution in [2.24, 2.45) is 5.73 Å². The van der Waals surface area contributed by atoms with Crippen LogP contribution in [0.5, 0.6) is 0 Å². The lowest BCUT2D eigenvalue weighted by molar-refractivity contribution is 0.0526. The minimum Gasteiger partial charge on any atom is -0.329 e. The zero-order chi connectivity index (χ0) is 13.4. The van der Waals surface area contributed by atoms with E-state index < -0.39 is 0 Å². The van der Waals surface area contributed by atoms with Gasteiger partial charge >= 0.3 is 0 Å². The molecule has 1 aliphatic heterocycles. The van der Waals surface area contributed by atoms with Gasteiger partial charge in [-0.15, -0.1) is 0 Å². The first-order valence-electron chi connectivity index (χ1n) is 8.18. The molecular weight excluding hydrogens is 220 g/mol. The molecule has 108 valence electrons. The lowest BCUT2D eigenvalue weighted by Crippen LogP contribution is -2.52. The lowest BCUT2D eigenvalue weighted by atomic mass is 9.93. The third-order valence-corrected chi connectivity index (χ3v) is 4.60. The zero-order valence-corrected chi connectivity index (χ0v) is 12.8. The van der Waals surface area contributed by atoms with Gasteiger partial charge in [0, 0.05) is 24.7 Å². The average molecular weight is 254 g/mol. The van der Waals surface area contributed by atoms with Crippen LogP contribution < -0.4 is 5.73 Å². The van der Waals surface area contributed by atoms with E-state index in [1.807, 2.05) is 0 Å². The van der Waals surface area contributed by atoms with Crippen LogP contribution in [0.4, 0.5) is 0 Å². The molecule has 0 radical (unpaired) electrons. The number of rotatable bonds is 8. The van der Waals surface area contributed by atoms with Crippen molar-refractivity contribution in [2.75, 3.05) is 6.54 Å². The molecule has 0 saturated carbocycles. The normalized spacial score (nSPS) is 27.3. The first-order chi connectivity index (χ1) is 8.70. The van der Waals surface area contributed by atoms with Crippen LogP contribution in [-0.2, 0) is 0 Å². The molecule has 0 bridgehead atoms. The summed E-state index contributed by atoms with van der Waals surface area (Å²) in [6.45, 7) is 7.91. The van der Waals surface area contributed by atoms with Gasteiger partial charge in [-0.3, -0.25) is 4.90 Å². The predicted molar refractivity (Wildman–Crippen MR) is 80.8 cm³/mol. The Morgan fingerprint density at radius 2 is 1.89 bits per heavy atom. The number of piperidine rings is 1. The summed E-state index contributed by atoms with van der Waals surface area (Å²) in [6.07, 6.45) is 12.3. The first-order valence-corrected chi connectivity index (χ1v) is 8.18. The van der Waals surface area contributed by atoms with Crippen LogP contribution in [0.15, 0.2) is 0 Å². The molecule has 0 aliphatic carbocycles. The van der Waals surface area contributed by atoms with Gasteiger partial charge < -0.3 is 5.73 Å². The fourth-order valence-electron chi connectivity index (χ4n) is 3.53. The molecule has 2 N–H and O–H groups in total. The van der Waals surface area contributed by atoms with Crippen molar-refractivity contribution in [3.05, 3.63) is 0 Å². The Hall–Kier alpha value is -0.0800. The number of hydrogen-bond acceptors (Lipinski definition) is 2. The molecule has 0 aromatic rings. The number of likely N-dealkylation sites (tertiary alicyclic amines) is 1. The number of unbranched alkanes of at least 4 members (excludes halogenated alkanes) is 4. The van der Waals surface area contributed by atoms with Crippen LogP contribution in [0.3, 0.4) is 0 Å². The van der Waals surface area contributed by atoms with Crippen molar-refractivity contribution < 1.29 is 0 Å². The quantitative estimate of drug-likeness (QED) is 0.665. The molecule has 0 aromatic heterocycles. The van der Waals surface area contributed by atoms with E-state index >= 15 is 0 Å². The summed E-state index contributed by atoms with van der Waals surface area (Å²) < 4.78 is 0. The van der Waals surface area contributed by atoms with Gasteiger partial charge in [0.05, 0.1) is 0 Å². The summed E-state index contributed by atoms with van der Waals surface area (Å²) in [4.78, 5) is 2.71. The Morgan fingerprint density at radius 1 is 1.17 bits per heavy atom. The molecule has 1 aliphatic rings. The van der Waals surface area contributed by atoms with Crippen molar-refractivity contribution in [2.45, 2.75) is 96.7 Å². The van der Waals surface area contributed by atoms with Crippen molar-refractivity contribution in [3.8, 4) is 0 Å². The summed E-state index contributed by atoms with van der Waals surface area (Å²) in [5.41, 5.74) is 5.95. The molecule has 2 heteroatoms. The highest BCUT2D eigenvalue weighted by Crippen LogP contribution is 2.26. The highest BCUT2D eigenvalue weighted by Gasteiger charge is 2.30.